The maximum atomic E-state index is 5.59. The molecule has 0 unspecified atom stereocenters. The molecule has 1 aromatic rings. The zero-order valence-electron chi connectivity index (χ0n) is 7.09. The Bertz CT molecular complexity index is 249. The molecule has 1 fully saturated rings. The second kappa shape index (κ2) is 3.15. The fourth-order valence-electron chi connectivity index (χ4n) is 1.46. The molecule has 1 saturated heterocycles. The van der Waals surface area contributed by atoms with E-state index in [1.54, 1.807) is 0 Å². The minimum Gasteiger partial charge on any atom is -0.399 e. The van der Waals surface area contributed by atoms with Gasteiger partial charge in [0.25, 0.3) is 0 Å². The first kappa shape index (κ1) is 7.62. The Balaban J connectivity index is 1.98. The maximum absolute atomic E-state index is 5.59. The predicted octanol–water partition coefficient (Wildman–Crippen LogP) is 1.17. The molecular weight excluding hydrogens is 148 g/mol. The Morgan fingerprint density at radius 3 is 2.50 bits per heavy atom. The van der Waals surface area contributed by atoms with Crippen LogP contribution in [0.15, 0.2) is 24.3 Å². The first-order valence-electron chi connectivity index (χ1n) is 4.42. The van der Waals surface area contributed by atoms with Crippen LogP contribution in [-0.4, -0.2) is 12.6 Å². The van der Waals surface area contributed by atoms with E-state index in [0.717, 1.165) is 12.1 Å². The summed E-state index contributed by atoms with van der Waals surface area (Å²) in [4.78, 5) is 0. The molecule has 0 spiro atoms. The van der Waals surface area contributed by atoms with Gasteiger partial charge in [-0.05, 0) is 37.1 Å². The first-order valence-corrected chi connectivity index (χ1v) is 4.42. The van der Waals surface area contributed by atoms with Gasteiger partial charge in [-0.1, -0.05) is 12.1 Å². The van der Waals surface area contributed by atoms with Gasteiger partial charge in [-0.25, -0.2) is 0 Å². The van der Waals surface area contributed by atoms with E-state index in [1.807, 2.05) is 12.1 Å². The quantitative estimate of drug-likeness (QED) is 0.641. The lowest BCUT2D eigenvalue weighted by molar-refractivity contribution is 0.369. The third-order valence-corrected chi connectivity index (χ3v) is 2.39. The SMILES string of the molecule is Nc1ccc(C[C@@H]2CCN2)cc1. The lowest BCUT2D eigenvalue weighted by atomic mass is 9.98. The molecule has 0 radical (unpaired) electrons. The summed E-state index contributed by atoms with van der Waals surface area (Å²) in [5.74, 6) is 0. The zero-order valence-corrected chi connectivity index (χ0v) is 7.09. The molecular formula is C10H14N2. The highest BCUT2D eigenvalue weighted by Crippen LogP contribution is 2.12. The van der Waals surface area contributed by atoms with Gasteiger partial charge < -0.3 is 11.1 Å². The third kappa shape index (κ3) is 1.59. The van der Waals surface area contributed by atoms with E-state index in [-0.39, 0.29) is 0 Å². The summed E-state index contributed by atoms with van der Waals surface area (Å²) in [6.45, 7) is 1.18. The van der Waals surface area contributed by atoms with Crippen molar-refractivity contribution in [2.24, 2.45) is 0 Å². The number of rotatable bonds is 2. The van der Waals surface area contributed by atoms with Gasteiger partial charge in [-0.15, -0.1) is 0 Å². The minimum atomic E-state index is 0.702. The van der Waals surface area contributed by atoms with Crippen LogP contribution in [0.5, 0.6) is 0 Å². The molecule has 2 heteroatoms. The Labute approximate surface area is 72.8 Å². The third-order valence-electron chi connectivity index (χ3n) is 2.39. The monoisotopic (exact) mass is 162 g/mol. The summed E-state index contributed by atoms with van der Waals surface area (Å²) >= 11 is 0. The van der Waals surface area contributed by atoms with E-state index in [1.165, 1.54) is 18.5 Å². The second-order valence-corrected chi connectivity index (χ2v) is 3.39. The summed E-state index contributed by atoms with van der Waals surface area (Å²) < 4.78 is 0. The van der Waals surface area contributed by atoms with Gasteiger partial charge in [0.15, 0.2) is 0 Å². The van der Waals surface area contributed by atoms with Crippen molar-refractivity contribution >= 4 is 5.69 Å². The normalized spacial score (nSPS) is 21.8. The Kier molecular flexibility index (Phi) is 2.00. The number of hydrogen-bond acceptors (Lipinski definition) is 2. The lowest BCUT2D eigenvalue weighted by Crippen LogP contribution is -2.44. The van der Waals surface area contributed by atoms with Crippen LogP contribution in [0.1, 0.15) is 12.0 Å². The molecule has 1 aliphatic heterocycles. The molecule has 2 nitrogen and oxygen atoms in total. The van der Waals surface area contributed by atoms with Crippen LogP contribution in [0.4, 0.5) is 5.69 Å². The summed E-state index contributed by atoms with van der Waals surface area (Å²) in [7, 11) is 0. The van der Waals surface area contributed by atoms with Crippen LogP contribution in [0.25, 0.3) is 0 Å². The molecule has 1 atom stereocenters. The Morgan fingerprint density at radius 2 is 2.00 bits per heavy atom. The number of nitrogens with one attached hydrogen (secondary N) is 1. The molecule has 0 saturated carbocycles. The van der Waals surface area contributed by atoms with Crippen molar-refractivity contribution in [3.8, 4) is 0 Å². The van der Waals surface area contributed by atoms with E-state index in [0.29, 0.717) is 6.04 Å². The highest BCUT2D eigenvalue weighted by molar-refractivity contribution is 5.39. The van der Waals surface area contributed by atoms with Gasteiger partial charge in [-0.2, -0.15) is 0 Å². The molecule has 1 aliphatic rings. The fraction of sp³-hybridized carbons (Fsp3) is 0.400. The largest absolute Gasteiger partial charge is 0.399 e. The van der Waals surface area contributed by atoms with Gasteiger partial charge in [0.1, 0.15) is 0 Å². The number of hydrogen-bond donors (Lipinski definition) is 2. The van der Waals surface area contributed by atoms with Gasteiger partial charge in [0, 0.05) is 11.7 Å². The van der Waals surface area contributed by atoms with Crippen LogP contribution >= 0.6 is 0 Å². The van der Waals surface area contributed by atoms with Crippen molar-refractivity contribution in [3.63, 3.8) is 0 Å². The number of anilines is 1. The van der Waals surface area contributed by atoms with E-state index in [4.69, 9.17) is 5.73 Å². The topological polar surface area (TPSA) is 38.0 Å². The van der Waals surface area contributed by atoms with Gasteiger partial charge in [0.2, 0.25) is 0 Å². The summed E-state index contributed by atoms with van der Waals surface area (Å²) in [6.07, 6.45) is 2.45. The average molecular weight is 162 g/mol. The van der Waals surface area contributed by atoms with Crippen molar-refractivity contribution < 1.29 is 0 Å². The molecule has 0 aliphatic carbocycles. The Morgan fingerprint density at radius 1 is 1.33 bits per heavy atom. The smallest absolute Gasteiger partial charge is 0.0314 e. The highest BCUT2D eigenvalue weighted by atomic mass is 15.0. The number of nitrogens with two attached hydrogens (primary N) is 1. The summed E-state index contributed by atoms with van der Waals surface area (Å²) in [5, 5.41) is 3.38. The number of nitrogen functional groups attached to an aromatic ring is 1. The number of benzene rings is 1. The average Bonchev–Trinajstić information content (AvgIpc) is 2.00. The van der Waals surface area contributed by atoms with Gasteiger partial charge in [-0.3, -0.25) is 0 Å². The van der Waals surface area contributed by atoms with Crippen LogP contribution in [-0.2, 0) is 6.42 Å². The second-order valence-electron chi connectivity index (χ2n) is 3.39. The maximum Gasteiger partial charge on any atom is 0.0314 e. The van der Waals surface area contributed by atoms with Crippen LogP contribution in [0.3, 0.4) is 0 Å². The van der Waals surface area contributed by atoms with Crippen molar-refractivity contribution in [2.75, 3.05) is 12.3 Å². The zero-order chi connectivity index (χ0) is 8.39. The van der Waals surface area contributed by atoms with E-state index in [2.05, 4.69) is 17.4 Å². The van der Waals surface area contributed by atoms with E-state index in [9.17, 15) is 0 Å². The minimum absolute atomic E-state index is 0.702. The molecule has 0 bridgehead atoms. The molecule has 1 heterocycles. The fourth-order valence-corrected chi connectivity index (χ4v) is 1.46. The predicted molar refractivity (Wildman–Crippen MR) is 51.0 cm³/mol. The van der Waals surface area contributed by atoms with Gasteiger partial charge in [0.05, 0.1) is 0 Å². The van der Waals surface area contributed by atoms with Gasteiger partial charge >= 0.3 is 0 Å². The first-order chi connectivity index (χ1) is 5.84. The van der Waals surface area contributed by atoms with Crippen molar-refractivity contribution in [1.82, 2.24) is 5.32 Å². The standard InChI is InChI=1S/C10H14N2/c11-9-3-1-8(2-4-9)7-10-5-6-12-10/h1-4,10,12H,5-7,11H2/t10-/m0/s1. The molecule has 0 amide bonds. The van der Waals surface area contributed by atoms with Crippen molar-refractivity contribution in [2.45, 2.75) is 18.9 Å². The van der Waals surface area contributed by atoms with E-state index < -0.39 is 0 Å². The molecule has 0 aromatic heterocycles. The summed E-state index contributed by atoms with van der Waals surface area (Å²) in [6, 6.07) is 8.85. The molecule has 3 N–H and O–H groups in total. The Hall–Kier alpha value is -1.02. The molecule has 12 heavy (non-hydrogen) atoms. The summed E-state index contributed by atoms with van der Waals surface area (Å²) in [5.41, 5.74) is 7.81. The van der Waals surface area contributed by atoms with E-state index >= 15 is 0 Å². The molecule has 1 aromatic carbocycles. The van der Waals surface area contributed by atoms with Crippen LogP contribution in [0, 0.1) is 0 Å². The van der Waals surface area contributed by atoms with Crippen molar-refractivity contribution in [3.05, 3.63) is 29.8 Å². The molecule has 64 valence electrons. The van der Waals surface area contributed by atoms with Crippen LogP contribution in [0.2, 0.25) is 0 Å². The van der Waals surface area contributed by atoms with Crippen LogP contribution < -0.4 is 11.1 Å². The van der Waals surface area contributed by atoms with Crippen molar-refractivity contribution in [1.29, 1.82) is 0 Å². The molecule has 2 rings (SSSR count). The lowest BCUT2D eigenvalue weighted by Gasteiger charge is -2.27. The highest BCUT2D eigenvalue weighted by Gasteiger charge is 2.15.